The zero-order valence-corrected chi connectivity index (χ0v) is 16.7. The number of nitrogens with two attached hydrogens (primary N) is 1. The van der Waals surface area contributed by atoms with E-state index in [1.165, 1.54) is 89.9 Å². The zero-order chi connectivity index (χ0) is 19.9. The van der Waals surface area contributed by atoms with E-state index in [-0.39, 0.29) is 12.6 Å². The van der Waals surface area contributed by atoms with Crippen molar-refractivity contribution in [3.05, 3.63) is 10.1 Å². The third kappa shape index (κ3) is 30.5. The number of nitrogens with zero attached hydrogens (tertiary/aromatic N) is 1. The second-order valence-electron chi connectivity index (χ2n) is 6.74. The van der Waals surface area contributed by atoms with Crippen LogP contribution in [0.15, 0.2) is 0 Å². The van der Waals surface area contributed by atoms with Crippen molar-refractivity contribution in [1.29, 1.82) is 0 Å². The molecule has 0 spiro atoms. The lowest BCUT2D eigenvalue weighted by molar-refractivity contribution is -0.742. The van der Waals surface area contributed by atoms with Crippen molar-refractivity contribution in [3.8, 4) is 0 Å². The second kappa shape index (κ2) is 23.6. The average Bonchev–Trinajstić information content (AvgIpc) is 2.58. The molecular weight excluding hydrogens is 334 g/mol. The van der Waals surface area contributed by atoms with Crippen molar-refractivity contribution in [3.63, 3.8) is 0 Å². The van der Waals surface area contributed by atoms with E-state index in [9.17, 15) is 4.79 Å². The van der Waals surface area contributed by atoms with Crippen LogP contribution < -0.4 is 11.1 Å². The zero-order valence-electron chi connectivity index (χ0n) is 16.7. The lowest BCUT2D eigenvalue weighted by atomic mass is 10.0. The minimum Gasteiger partial charge on any atom is -0.344 e. The molecule has 0 aliphatic heterocycles. The first-order valence-corrected chi connectivity index (χ1v) is 10.3. The summed E-state index contributed by atoms with van der Waals surface area (Å²) in [7, 11) is 0. The number of carbonyl (C=O) groups is 1. The minimum absolute atomic E-state index is 0.0946. The van der Waals surface area contributed by atoms with Gasteiger partial charge in [0, 0.05) is 6.42 Å². The lowest BCUT2D eigenvalue weighted by Gasteiger charge is -2.04. The van der Waals surface area contributed by atoms with Gasteiger partial charge in [0.1, 0.15) is 0 Å². The van der Waals surface area contributed by atoms with E-state index in [1.54, 1.807) is 0 Å². The number of hydrogen-bond donors (Lipinski definition) is 3. The molecule has 0 aliphatic carbocycles. The van der Waals surface area contributed by atoms with E-state index < -0.39 is 5.09 Å². The van der Waals surface area contributed by atoms with E-state index in [4.69, 9.17) is 21.1 Å². The molecule has 7 heteroatoms. The minimum atomic E-state index is -1.50. The molecule has 26 heavy (non-hydrogen) atoms. The van der Waals surface area contributed by atoms with E-state index >= 15 is 0 Å². The average molecular weight is 376 g/mol. The summed E-state index contributed by atoms with van der Waals surface area (Å²) in [5.41, 5.74) is 5.25. The Kier molecular flexibility index (Phi) is 24.4. The van der Waals surface area contributed by atoms with Gasteiger partial charge in [-0.25, -0.2) is 0 Å². The van der Waals surface area contributed by atoms with Crippen molar-refractivity contribution >= 4 is 5.91 Å². The van der Waals surface area contributed by atoms with Crippen molar-refractivity contribution in [2.45, 2.75) is 110 Å². The first-order valence-electron chi connectivity index (χ1n) is 10.3. The van der Waals surface area contributed by atoms with Gasteiger partial charge in [0.15, 0.2) is 0 Å². The van der Waals surface area contributed by atoms with Gasteiger partial charge in [-0.15, -0.1) is 10.1 Å². The number of rotatable bonds is 17. The Labute approximate surface area is 159 Å². The molecule has 0 saturated heterocycles. The van der Waals surface area contributed by atoms with Gasteiger partial charge in [-0.05, 0) is 6.42 Å². The topological polar surface area (TPSA) is 118 Å². The molecule has 0 atom stereocenters. The molecule has 0 radical (unpaired) electrons. The Balaban J connectivity index is 0. The fourth-order valence-corrected chi connectivity index (χ4v) is 2.86. The number of carbonyl (C=O) groups excluding carboxylic acids is 1. The predicted molar refractivity (Wildman–Crippen MR) is 106 cm³/mol. The fourth-order valence-electron chi connectivity index (χ4n) is 2.86. The molecule has 0 saturated carbocycles. The van der Waals surface area contributed by atoms with Crippen LogP contribution in [0.3, 0.4) is 0 Å². The maximum atomic E-state index is 11.2. The van der Waals surface area contributed by atoms with Crippen LogP contribution >= 0.6 is 0 Å². The molecule has 0 bridgehead atoms. The Morgan fingerprint density at radius 3 is 1.46 bits per heavy atom. The largest absolute Gasteiger partial charge is 0.344 e. The third-order valence-corrected chi connectivity index (χ3v) is 4.31. The first-order chi connectivity index (χ1) is 12.5. The lowest BCUT2D eigenvalue weighted by Crippen LogP contribution is -2.28. The second-order valence-corrected chi connectivity index (χ2v) is 6.74. The third-order valence-electron chi connectivity index (χ3n) is 4.31. The molecule has 0 fully saturated rings. The van der Waals surface area contributed by atoms with Crippen LogP contribution in [0.4, 0.5) is 0 Å². The van der Waals surface area contributed by atoms with Crippen LogP contribution in [0, 0.1) is 10.1 Å². The Bertz CT molecular complexity index is 311. The van der Waals surface area contributed by atoms with Crippen LogP contribution in [-0.4, -0.2) is 22.9 Å². The first kappa shape index (κ1) is 26.9. The number of nitrogens with one attached hydrogen (secondary N) is 1. The maximum Gasteiger partial charge on any atom is 0.291 e. The van der Waals surface area contributed by atoms with Crippen LogP contribution in [0.5, 0.6) is 0 Å². The summed E-state index contributed by atoms with van der Waals surface area (Å²) >= 11 is 0. The highest BCUT2D eigenvalue weighted by Gasteiger charge is 1.98. The monoisotopic (exact) mass is 375 g/mol. The van der Waals surface area contributed by atoms with Crippen molar-refractivity contribution < 1.29 is 15.1 Å². The highest BCUT2D eigenvalue weighted by atomic mass is 16.9. The van der Waals surface area contributed by atoms with Gasteiger partial charge in [0.05, 0.1) is 6.67 Å². The molecule has 0 aromatic heterocycles. The van der Waals surface area contributed by atoms with E-state index in [2.05, 4.69) is 12.2 Å². The Morgan fingerprint density at radius 2 is 1.15 bits per heavy atom. The van der Waals surface area contributed by atoms with Gasteiger partial charge in [0.25, 0.3) is 5.09 Å². The van der Waals surface area contributed by atoms with Gasteiger partial charge in [0.2, 0.25) is 5.91 Å². The summed E-state index contributed by atoms with van der Waals surface area (Å²) in [6, 6.07) is 0. The standard InChI is InChI=1S/C19H40N2O.HNO3/c1-2-3-4-5-6-7-8-9-10-11-12-13-14-15-16-17-19(22)21-18-20;2-1(3)4/h2-18,20H2,1H3,(H,21,22);(H,2,3,4). The summed E-state index contributed by atoms with van der Waals surface area (Å²) in [6.45, 7) is 2.54. The molecule has 7 nitrogen and oxygen atoms in total. The Hall–Kier alpha value is -1.37. The van der Waals surface area contributed by atoms with Gasteiger partial charge >= 0.3 is 0 Å². The fraction of sp³-hybridized carbons (Fsp3) is 0.947. The molecule has 0 aliphatic rings. The van der Waals surface area contributed by atoms with Crippen molar-refractivity contribution in [2.24, 2.45) is 5.73 Å². The summed E-state index contributed by atoms with van der Waals surface area (Å²) in [4.78, 5) is 19.5. The summed E-state index contributed by atoms with van der Waals surface area (Å²) < 4.78 is 0. The SMILES string of the molecule is CCCCCCCCCCCCCCCCCC(=O)NCN.O=[N+]([O-])O. The van der Waals surface area contributed by atoms with E-state index in [0.29, 0.717) is 6.42 Å². The van der Waals surface area contributed by atoms with Crippen molar-refractivity contribution in [2.75, 3.05) is 6.67 Å². The molecule has 0 heterocycles. The molecular formula is C19H41N3O4. The predicted octanol–water partition coefficient (Wildman–Crippen LogP) is 4.93. The highest BCUT2D eigenvalue weighted by molar-refractivity contribution is 5.75. The van der Waals surface area contributed by atoms with Crippen LogP contribution in [-0.2, 0) is 4.79 Å². The summed E-state index contributed by atoms with van der Waals surface area (Å²) in [5, 5.41) is 16.3. The molecule has 0 unspecified atom stereocenters. The number of amides is 1. The number of hydrogen-bond acceptors (Lipinski definition) is 4. The molecule has 4 N–H and O–H groups in total. The maximum absolute atomic E-state index is 11.2. The molecule has 0 aromatic carbocycles. The van der Waals surface area contributed by atoms with Crippen molar-refractivity contribution in [1.82, 2.24) is 5.32 Å². The number of unbranched alkanes of at least 4 members (excludes halogenated alkanes) is 14. The van der Waals surface area contributed by atoms with E-state index in [1.807, 2.05) is 0 Å². The smallest absolute Gasteiger partial charge is 0.291 e. The van der Waals surface area contributed by atoms with Gasteiger partial charge in [-0.2, -0.15) is 0 Å². The molecule has 1 amide bonds. The van der Waals surface area contributed by atoms with Crippen LogP contribution in [0.25, 0.3) is 0 Å². The van der Waals surface area contributed by atoms with Gasteiger partial charge in [-0.1, -0.05) is 96.8 Å². The highest BCUT2D eigenvalue weighted by Crippen LogP contribution is 2.13. The van der Waals surface area contributed by atoms with Gasteiger partial charge in [-0.3, -0.25) is 4.79 Å². The summed E-state index contributed by atoms with van der Waals surface area (Å²) in [5.74, 6) is 0.0946. The molecule has 0 aromatic rings. The van der Waals surface area contributed by atoms with Crippen LogP contribution in [0.2, 0.25) is 0 Å². The summed E-state index contributed by atoms with van der Waals surface area (Å²) in [6.07, 6.45) is 21.0. The Morgan fingerprint density at radius 1 is 0.846 bits per heavy atom. The quantitative estimate of drug-likeness (QED) is 0.144. The molecule has 0 rings (SSSR count). The normalized spacial score (nSPS) is 10.1. The van der Waals surface area contributed by atoms with Crippen LogP contribution in [0.1, 0.15) is 110 Å². The molecule has 156 valence electrons. The van der Waals surface area contributed by atoms with Gasteiger partial charge < -0.3 is 16.3 Å². The van der Waals surface area contributed by atoms with E-state index in [0.717, 1.165) is 6.42 Å².